The number of amides is 1. The second-order valence-corrected chi connectivity index (χ2v) is 4.84. The summed E-state index contributed by atoms with van der Waals surface area (Å²) >= 11 is 3.37. The molecule has 0 aliphatic rings. The smallest absolute Gasteiger partial charge is 0.234 e. The summed E-state index contributed by atoms with van der Waals surface area (Å²) < 4.78 is 0. The Balaban J connectivity index is 2.41. The molecule has 1 aromatic carbocycles. The van der Waals surface area contributed by atoms with Gasteiger partial charge >= 0.3 is 0 Å². The highest BCUT2D eigenvalue weighted by Crippen LogP contribution is 2.11. The van der Waals surface area contributed by atoms with Crippen molar-refractivity contribution in [3.8, 4) is 0 Å². The van der Waals surface area contributed by atoms with Crippen molar-refractivity contribution in [2.75, 3.05) is 0 Å². The Kier molecular flexibility index (Phi) is 4.82. The summed E-state index contributed by atoms with van der Waals surface area (Å²) in [7, 11) is 0. The van der Waals surface area contributed by atoms with E-state index in [4.69, 9.17) is 0 Å². The van der Waals surface area contributed by atoms with Crippen LogP contribution in [-0.2, 0) is 11.3 Å². The van der Waals surface area contributed by atoms with Crippen LogP contribution in [0.1, 0.15) is 19.4 Å². The fourth-order valence-corrected chi connectivity index (χ4v) is 1.35. The molecule has 2 nitrogen and oxygen atoms in total. The Morgan fingerprint density at radius 1 is 1.33 bits per heavy atom. The lowest BCUT2D eigenvalue weighted by Crippen LogP contribution is -2.33. The zero-order valence-corrected chi connectivity index (χ0v) is 10.6. The van der Waals surface area contributed by atoms with Crippen molar-refractivity contribution >= 4 is 21.8 Å². The number of hydrogen-bond acceptors (Lipinski definition) is 1. The molecule has 1 rings (SSSR count). The zero-order valence-electron chi connectivity index (χ0n) is 9.03. The van der Waals surface area contributed by atoms with E-state index >= 15 is 0 Å². The summed E-state index contributed by atoms with van der Waals surface area (Å²) in [5, 5.41) is 2.89. The summed E-state index contributed by atoms with van der Waals surface area (Å²) in [6.07, 6.45) is 0. The second kappa shape index (κ2) is 5.91. The van der Waals surface area contributed by atoms with Crippen LogP contribution >= 0.6 is 15.9 Å². The number of hydrogen-bond donors (Lipinski definition) is 1. The van der Waals surface area contributed by atoms with Gasteiger partial charge in [0.25, 0.3) is 0 Å². The molecule has 15 heavy (non-hydrogen) atoms. The molecule has 0 saturated carbocycles. The third kappa shape index (κ3) is 4.04. The summed E-state index contributed by atoms with van der Waals surface area (Å²) in [6, 6.07) is 9.90. The number of rotatable bonds is 4. The van der Waals surface area contributed by atoms with Gasteiger partial charge in [0, 0.05) is 6.54 Å². The molecule has 0 aliphatic heterocycles. The molecule has 1 aromatic rings. The molecule has 0 aromatic heterocycles. The molecule has 0 bridgehead atoms. The molecule has 1 atom stereocenters. The van der Waals surface area contributed by atoms with Crippen LogP contribution in [0, 0.1) is 5.92 Å². The van der Waals surface area contributed by atoms with Gasteiger partial charge in [-0.1, -0.05) is 60.1 Å². The van der Waals surface area contributed by atoms with Crippen molar-refractivity contribution in [2.24, 2.45) is 5.92 Å². The first-order valence-electron chi connectivity index (χ1n) is 5.07. The first kappa shape index (κ1) is 12.2. The molecule has 1 N–H and O–H groups in total. The van der Waals surface area contributed by atoms with E-state index in [0.717, 1.165) is 5.56 Å². The molecule has 0 aliphatic carbocycles. The highest BCUT2D eigenvalue weighted by Gasteiger charge is 2.17. The quantitative estimate of drug-likeness (QED) is 0.837. The van der Waals surface area contributed by atoms with E-state index in [-0.39, 0.29) is 10.7 Å². The minimum atomic E-state index is -0.110. The molecular formula is C12H16BrNO. The second-order valence-electron chi connectivity index (χ2n) is 3.85. The first-order chi connectivity index (χ1) is 7.11. The van der Waals surface area contributed by atoms with Gasteiger partial charge in [-0.3, -0.25) is 4.79 Å². The number of alkyl halides is 1. The lowest BCUT2D eigenvalue weighted by Gasteiger charge is -2.13. The van der Waals surface area contributed by atoms with Gasteiger partial charge in [-0.15, -0.1) is 0 Å². The molecule has 0 heterocycles. The van der Waals surface area contributed by atoms with Gasteiger partial charge in [0.05, 0.1) is 4.83 Å². The number of nitrogens with one attached hydrogen (secondary N) is 1. The Morgan fingerprint density at radius 3 is 2.47 bits per heavy atom. The van der Waals surface area contributed by atoms with Crippen LogP contribution < -0.4 is 5.32 Å². The average molecular weight is 270 g/mol. The third-order valence-electron chi connectivity index (χ3n) is 2.15. The molecule has 1 amide bonds. The van der Waals surface area contributed by atoms with Gasteiger partial charge in [-0.2, -0.15) is 0 Å². The summed E-state index contributed by atoms with van der Waals surface area (Å²) in [5.74, 6) is 0.356. The van der Waals surface area contributed by atoms with E-state index in [1.54, 1.807) is 0 Å². The maximum absolute atomic E-state index is 11.6. The minimum absolute atomic E-state index is 0.0499. The van der Waals surface area contributed by atoms with Crippen LogP contribution in [0.5, 0.6) is 0 Å². The van der Waals surface area contributed by atoms with Crippen LogP contribution in [-0.4, -0.2) is 10.7 Å². The van der Waals surface area contributed by atoms with Crippen molar-refractivity contribution in [3.63, 3.8) is 0 Å². The maximum Gasteiger partial charge on any atom is 0.234 e. The predicted octanol–water partition coefficient (Wildman–Crippen LogP) is 2.72. The lowest BCUT2D eigenvalue weighted by molar-refractivity contribution is -0.121. The Bertz CT molecular complexity index is 311. The predicted molar refractivity (Wildman–Crippen MR) is 65.8 cm³/mol. The van der Waals surface area contributed by atoms with E-state index in [1.807, 2.05) is 44.2 Å². The molecule has 0 spiro atoms. The fourth-order valence-electron chi connectivity index (χ4n) is 1.19. The van der Waals surface area contributed by atoms with Gasteiger partial charge in [0.1, 0.15) is 0 Å². The highest BCUT2D eigenvalue weighted by molar-refractivity contribution is 9.10. The molecule has 0 unspecified atom stereocenters. The largest absolute Gasteiger partial charge is 0.351 e. The molecule has 82 valence electrons. The van der Waals surface area contributed by atoms with Crippen LogP contribution in [0.15, 0.2) is 30.3 Å². The van der Waals surface area contributed by atoms with Crippen molar-refractivity contribution in [3.05, 3.63) is 35.9 Å². The monoisotopic (exact) mass is 269 g/mol. The van der Waals surface area contributed by atoms with Crippen LogP contribution in [0.25, 0.3) is 0 Å². The van der Waals surface area contributed by atoms with Crippen LogP contribution in [0.3, 0.4) is 0 Å². The fraction of sp³-hybridized carbons (Fsp3) is 0.417. The van der Waals surface area contributed by atoms with E-state index in [1.165, 1.54) is 0 Å². The highest BCUT2D eigenvalue weighted by atomic mass is 79.9. The Hall–Kier alpha value is -0.830. The zero-order chi connectivity index (χ0) is 11.3. The van der Waals surface area contributed by atoms with Gasteiger partial charge in [0.2, 0.25) is 5.91 Å². The minimum Gasteiger partial charge on any atom is -0.351 e. The Morgan fingerprint density at radius 2 is 1.93 bits per heavy atom. The maximum atomic E-state index is 11.6. The van der Waals surface area contributed by atoms with Gasteiger partial charge in [-0.05, 0) is 11.5 Å². The first-order valence-corrected chi connectivity index (χ1v) is 5.98. The topological polar surface area (TPSA) is 29.1 Å². The molecule has 3 heteroatoms. The average Bonchev–Trinajstić information content (AvgIpc) is 2.26. The molecular weight excluding hydrogens is 254 g/mol. The number of halogens is 1. The van der Waals surface area contributed by atoms with Crippen LogP contribution in [0.4, 0.5) is 0 Å². The van der Waals surface area contributed by atoms with Crippen LogP contribution in [0.2, 0.25) is 0 Å². The standard InChI is InChI=1S/C12H16BrNO/c1-9(2)11(13)12(15)14-8-10-6-4-3-5-7-10/h3-7,9,11H,8H2,1-2H3,(H,14,15)/t11-/m0/s1. The van der Waals surface area contributed by atoms with Gasteiger partial charge in [0.15, 0.2) is 0 Å². The van der Waals surface area contributed by atoms with E-state index in [0.29, 0.717) is 12.5 Å². The summed E-state index contributed by atoms with van der Waals surface area (Å²) in [4.78, 5) is 11.5. The number of carbonyl (C=O) groups is 1. The van der Waals surface area contributed by atoms with E-state index < -0.39 is 0 Å². The van der Waals surface area contributed by atoms with Crippen molar-refractivity contribution < 1.29 is 4.79 Å². The molecule has 0 saturated heterocycles. The lowest BCUT2D eigenvalue weighted by atomic mass is 10.1. The van der Waals surface area contributed by atoms with Gasteiger partial charge in [-0.25, -0.2) is 0 Å². The van der Waals surface area contributed by atoms with Crippen molar-refractivity contribution in [1.82, 2.24) is 5.32 Å². The van der Waals surface area contributed by atoms with Crippen molar-refractivity contribution in [2.45, 2.75) is 25.2 Å². The van der Waals surface area contributed by atoms with Crippen molar-refractivity contribution in [1.29, 1.82) is 0 Å². The Labute approximate surface area is 99.2 Å². The van der Waals surface area contributed by atoms with E-state index in [2.05, 4.69) is 21.2 Å². The third-order valence-corrected chi connectivity index (χ3v) is 3.62. The molecule has 0 radical (unpaired) electrons. The normalized spacial score (nSPS) is 12.5. The molecule has 0 fully saturated rings. The summed E-state index contributed by atoms with van der Waals surface area (Å²) in [5.41, 5.74) is 1.12. The SMILES string of the molecule is CC(C)[C@H](Br)C(=O)NCc1ccccc1. The number of carbonyl (C=O) groups excluding carboxylic acids is 1. The number of benzene rings is 1. The van der Waals surface area contributed by atoms with Gasteiger partial charge < -0.3 is 5.32 Å². The van der Waals surface area contributed by atoms with E-state index in [9.17, 15) is 4.79 Å². The summed E-state index contributed by atoms with van der Waals surface area (Å²) in [6.45, 7) is 4.62.